The number of carbonyl (C=O) groups excluding carboxylic acids is 3. The topological polar surface area (TPSA) is 105 Å². The van der Waals surface area contributed by atoms with Crippen LogP contribution in [0.3, 0.4) is 0 Å². The van der Waals surface area contributed by atoms with E-state index >= 15 is 0 Å². The molecular weight excluding hydrogens is 544 g/mol. The summed E-state index contributed by atoms with van der Waals surface area (Å²) < 4.78 is 11.7. The summed E-state index contributed by atoms with van der Waals surface area (Å²) in [6, 6.07) is 18.2. The molecule has 8 nitrogen and oxygen atoms in total. The van der Waals surface area contributed by atoms with Crippen LogP contribution in [-0.4, -0.2) is 66.7 Å². The molecule has 3 rings (SSSR count). The van der Waals surface area contributed by atoms with Gasteiger partial charge in [-0.1, -0.05) is 72.8 Å². The predicted molar refractivity (Wildman–Crippen MR) is 167 cm³/mol. The molecule has 1 heterocycles. The SMILES string of the molecule is C=CCC[C@H](Cc1ccccc1)C(=O)O[C@@H](c1ccccc1)[C@H](COC)NC(=O)[C@@H](CC=C)CC(=O)N1CCC[C@H]1CO. The van der Waals surface area contributed by atoms with Crippen LogP contribution in [0.1, 0.15) is 55.8 Å². The summed E-state index contributed by atoms with van der Waals surface area (Å²) in [5.41, 5.74) is 1.75. The molecule has 0 unspecified atom stereocenters. The molecule has 1 fully saturated rings. The average Bonchev–Trinajstić information content (AvgIpc) is 3.51. The van der Waals surface area contributed by atoms with Crippen LogP contribution >= 0.6 is 0 Å². The number of allylic oxidation sites excluding steroid dienone is 2. The minimum absolute atomic E-state index is 0.00938. The number of amides is 2. The quantitative estimate of drug-likeness (QED) is 0.191. The van der Waals surface area contributed by atoms with Gasteiger partial charge in [-0.15, -0.1) is 13.2 Å². The molecule has 2 aromatic carbocycles. The van der Waals surface area contributed by atoms with Gasteiger partial charge in [0.2, 0.25) is 11.8 Å². The van der Waals surface area contributed by atoms with Crippen LogP contribution in [0.4, 0.5) is 0 Å². The molecule has 0 bridgehead atoms. The van der Waals surface area contributed by atoms with Crippen LogP contribution in [0.5, 0.6) is 0 Å². The number of esters is 1. The van der Waals surface area contributed by atoms with E-state index in [1.807, 2.05) is 60.7 Å². The van der Waals surface area contributed by atoms with Crippen LogP contribution in [0.2, 0.25) is 0 Å². The summed E-state index contributed by atoms with van der Waals surface area (Å²) >= 11 is 0. The molecule has 43 heavy (non-hydrogen) atoms. The van der Waals surface area contributed by atoms with Crippen LogP contribution in [0.25, 0.3) is 0 Å². The smallest absolute Gasteiger partial charge is 0.309 e. The first-order valence-electron chi connectivity index (χ1n) is 15.1. The fourth-order valence-corrected chi connectivity index (χ4v) is 5.62. The number of carbonyl (C=O) groups is 3. The number of ether oxygens (including phenoxy) is 2. The van der Waals surface area contributed by atoms with E-state index < -0.39 is 24.0 Å². The van der Waals surface area contributed by atoms with Gasteiger partial charge in [0.05, 0.1) is 37.1 Å². The summed E-state index contributed by atoms with van der Waals surface area (Å²) in [5, 5.41) is 12.7. The third-order valence-electron chi connectivity index (χ3n) is 7.94. The van der Waals surface area contributed by atoms with Crippen LogP contribution < -0.4 is 5.32 Å². The molecule has 0 aliphatic carbocycles. The van der Waals surface area contributed by atoms with Gasteiger partial charge in [-0.05, 0) is 49.7 Å². The summed E-state index contributed by atoms with van der Waals surface area (Å²) in [5.74, 6) is -1.96. The number of nitrogens with zero attached hydrogens (tertiary/aromatic N) is 1. The van der Waals surface area contributed by atoms with Crippen molar-refractivity contribution in [3.8, 4) is 0 Å². The number of methoxy groups -OCH3 is 1. The molecule has 8 heteroatoms. The van der Waals surface area contributed by atoms with Crippen molar-refractivity contribution in [1.82, 2.24) is 10.2 Å². The highest BCUT2D eigenvalue weighted by Crippen LogP contribution is 2.27. The third kappa shape index (κ3) is 10.2. The lowest BCUT2D eigenvalue weighted by Crippen LogP contribution is -2.47. The van der Waals surface area contributed by atoms with Gasteiger partial charge in [0.1, 0.15) is 6.10 Å². The monoisotopic (exact) mass is 590 g/mol. The minimum atomic E-state index is -0.822. The van der Waals surface area contributed by atoms with Gasteiger partial charge in [0.25, 0.3) is 0 Å². The van der Waals surface area contributed by atoms with E-state index in [2.05, 4.69) is 18.5 Å². The standard InChI is InChI=1S/C35H46N2O6/c1-4-6-17-29(22-26-15-9-7-10-16-26)35(41)43-33(27-18-11-8-12-19-27)31(25-42-3)36-34(40)28(14-5-2)23-32(39)37-21-13-20-30(37)24-38/h4-5,7-12,15-16,18-19,28-31,33,38H,1-2,6,13-14,17,20-25H2,3H3,(H,36,40)/t28-,29+,30-,31-,33-/m0/s1. The Bertz CT molecular complexity index is 1170. The first-order valence-corrected chi connectivity index (χ1v) is 15.1. The van der Waals surface area contributed by atoms with Gasteiger partial charge in [0, 0.05) is 20.1 Å². The molecule has 0 spiro atoms. The molecule has 2 N–H and O–H groups in total. The van der Waals surface area contributed by atoms with Crippen molar-refractivity contribution in [2.45, 2.75) is 63.1 Å². The Morgan fingerprint density at radius 2 is 1.74 bits per heavy atom. The number of likely N-dealkylation sites (tertiary alicyclic amines) is 1. The predicted octanol–water partition coefficient (Wildman–Crippen LogP) is 4.79. The first-order chi connectivity index (χ1) is 20.9. The number of hydrogen-bond donors (Lipinski definition) is 2. The highest BCUT2D eigenvalue weighted by molar-refractivity contribution is 5.86. The summed E-state index contributed by atoms with van der Waals surface area (Å²) in [7, 11) is 1.53. The van der Waals surface area contributed by atoms with E-state index in [1.165, 1.54) is 7.11 Å². The van der Waals surface area contributed by atoms with Crippen molar-refractivity contribution in [2.75, 3.05) is 26.9 Å². The van der Waals surface area contributed by atoms with Crippen molar-refractivity contribution in [3.63, 3.8) is 0 Å². The fraction of sp³-hybridized carbons (Fsp3) is 0.457. The summed E-state index contributed by atoms with van der Waals surface area (Å²) in [4.78, 5) is 42.2. The molecule has 0 radical (unpaired) electrons. The van der Waals surface area contributed by atoms with E-state index in [0.717, 1.165) is 24.0 Å². The minimum Gasteiger partial charge on any atom is -0.455 e. The molecule has 1 saturated heterocycles. The van der Waals surface area contributed by atoms with Crippen LogP contribution in [-0.2, 0) is 30.3 Å². The summed E-state index contributed by atoms with van der Waals surface area (Å²) in [6.07, 6.45) is 6.21. The van der Waals surface area contributed by atoms with Crippen molar-refractivity contribution in [2.24, 2.45) is 11.8 Å². The zero-order valence-electron chi connectivity index (χ0n) is 25.2. The number of aliphatic hydroxyl groups is 1. The molecular formula is C35H46N2O6. The lowest BCUT2D eigenvalue weighted by molar-refractivity contribution is -0.158. The second kappa shape index (κ2) is 18.0. The Labute approximate surface area is 255 Å². The maximum absolute atomic E-state index is 13.7. The van der Waals surface area contributed by atoms with E-state index in [-0.39, 0.29) is 43.5 Å². The van der Waals surface area contributed by atoms with E-state index in [1.54, 1.807) is 17.1 Å². The van der Waals surface area contributed by atoms with Gasteiger partial charge >= 0.3 is 5.97 Å². The average molecular weight is 591 g/mol. The number of hydrogen-bond acceptors (Lipinski definition) is 6. The first kappa shape index (κ1) is 33.7. The number of nitrogens with one attached hydrogen (secondary N) is 1. The Hall–Kier alpha value is -3.75. The Morgan fingerprint density at radius 3 is 2.37 bits per heavy atom. The second-order valence-corrected chi connectivity index (χ2v) is 11.1. The fourth-order valence-electron chi connectivity index (χ4n) is 5.62. The third-order valence-corrected chi connectivity index (χ3v) is 7.94. The normalized spacial score (nSPS) is 17.3. The lowest BCUT2D eigenvalue weighted by Gasteiger charge is -2.31. The molecule has 0 saturated carbocycles. The lowest BCUT2D eigenvalue weighted by atomic mass is 9.94. The van der Waals surface area contributed by atoms with Gasteiger partial charge in [-0.3, -0.25) is 14.4 Å². The maximum atomic E-state index is 13.7. The second-order valence-electron chi connectivity index (χ2n) is 11.1. The van der Waals surface area contributed by atoms with Crippen molar-refractivity contribution >= 4 is 17.8 Å². The van der Waals surface area contributed by atoms with Crippen LogP contribution in [0.15, 0.2) is 86.0 Å². The van der Waals surface area contributed by atoms with Crippen molar-refractivity contribution in [3.05, 3.63) is 97.1 Å². The molecule has 1 aliphatic heterocycles. The highest BCUT2D eigenvalue weighted by Gasteiger charge is 2.35. The largest absolute Gasteiger partial charge is 0.455 e. The van der Waals surface area contributed by atoms with Gasteiger partial charge < -0.3 is 24.8 Å². The van der Waals surface area contributed by atoms with Gasteiger partial charge in [0.15, 0.2) is 0 Å². The molecule has 2 amide bonds. The number of aliphatic hydroxyl groups excluding tert-OH is 1. The molecule has 2 aromatic rings. The van der Waals surface area contributed by atoms with Gasteiger partial charge in [-0.25, -0.2) is 0 Å². The van der Waals surface area contributed by atoms with E-state index in [4.69, 9.17) is 9.47 Å². The Kier molecular flexibility index (Phi) is 14.2. The van der Waals surface area contributed by atoms with Crippen molar-refractivity contribution in [1.29, 1.82) is 0 Å². The molecule has 5 atom stereocenters. The van der Waals surface area contributed by atoms with Crippen molar-refractivity contribution < 1.29 is 29.0 Å². The van der Waals surface area contributed by atoms with Gasteiger partial charge in [-0.2, -0.15) is 0 Å². The Morgan fingerprint density at radius 1 is 1.05 bits per heavy atom. The van der Waals surface area contributed by atoms with E-state index in [0.29, 0.717) is 32.2 Å². The zero-order valence-corrected chi connectivity index (χ0v) is 25.2. The molecule has 232 valence electrons. The molecule has 1 aliphatic rings. The van der Waals surface area contributed by atoms with E-state index in [9.17, 15) is 19.5 Å². The number of benzene rings is 2. The zero-order chi connectivity index (χ0) is 31.0. The highest BCUT2D eigenvalue weighted by atomic mass is 16.5. The Balaban J connectivity index is 1.82. The molecule has 0 aromatic heterocycles. The van der Waals surface area contributed by atoms with Crippen LogP contribution in [0, 0.1) is 11.8 Å². The number of rotatable bonds is 18. The maximum Gasteiger partial charge on any atom is 0.309 e. The summed E-state index contributed by atoms with van der Waals surface area (Å²) in [6.45, 7) is 8.17.